The standard InChI is InChI=1S/C13H17F3O2/c1-9(2)18-11-7-5-4-6-10(11)12(17-3)8-13(14,15)16/h4-7,9,12H,8H2,1-3H3. The van der Waals surface area contributed by atoms with Crippen LogP contribution in [0.5, 0.6) is 5.75 Å². The molecular weight excluding hydrogens is 245 g/mol. The molecule has 5 heteroatoms. The smallest absolute Gasteiger partial charge is 0.391 e. The predicted molar refractivity (Wildman–Crippen MR) is 62.6 cm³/mol. The lowest BCUT2D eigenvalue weighted by Gasteiger charge is -2.21. The van der Waals surface area contributed by atoms with Gasteiger partial charge in [-0.25, -0.2) is 0 Å². The van der Waals surface area contributed by atoms with Crippen LogP contribution >= 0.6 is 0 Å². The number of hydrogen-bond acceptors (Lipinski definition) is 2. The molecule has 102 valence electrons. The Morgan fingerprint density at radius 3 is 2.28 bits per heavy atom. The number of rotatable bonds is 5. The third-order valence-electron chi connectivity index (χ3n) is 2.33. The van der Waals surface area contributed by atoms with Crippen LogP contribution in [-0.4, -0.2) is 19.4 Å². The maximum absolute atomic E-state index is 12.5. The molecule has 1 atom stereocenters. The lowest BCUT2D eigenvalue weighted by Crippen LogP contribution is -2.17. The fraction of sp³-hybridized carbons (Fsp3) is 0.538. The summed E-state index contributed by atoms with van der Waals surface area (Å²) in [6.45, 7) is 3.64. The Bertz CT molecular complexity index is 375. The van der Waals surface area contributed by atoms with Crippen molar-refractivity contribution in [2.75, 3.05) is 7.11 Å². The van der Waals surface area contributed by atoms with Crippen molar-refractivity contribution in [2.45, 2.75) is 38.7 Å². The van der Waals surface area contributed by atoms with Crippen LogP contribution in [0, 0.1) is 0 Å². The molecule has 0 fully saturated rings. The van der Waals surface area contributed by atoms with E-state index in [4.69, 9.17) is 9.47 Å². The Balaban J connectivity index is 2.97. The normalized spacial score (nSPS) is 13.7. The van der Waals surface area contributed by atoms with E-state index in [0.717, 1.165) is 0 Å². The van der Waals surface area contributed by atoms with Crippen molar-refractivity contribution < 1.29 is 22.6 Å². The van der Waals surface area contributed by atoms with Gasteiger partial charge in [0, 0.05) is 12.7 Å². The van der Waals surface area contributed by atoms with E-state index in [1.807, 2.05) is 13.8 Å². The third-order valence-corrected chi connectivity index (χ3v) is 2.33. The summed E-state index contributed by atoms with van der Waals surface area (Å²) in [6.07, 6.45) is -6.44. The predicted octanol–water partition coefficient (Wildman–Crippen LogP) is 4.11. The summed E-state index contributed by atoms with van der Waals surface area (Å²) in [4.78, 5) is 0. The number of para-hydroxylation sites is 1. The number of hydrogen-bond donors (Lipinski definition) is 0. The van der Waals surface area contributed by atoms with Gasteiger partial charge >= 0.3 is 6.18 Å². The van der Waals surface area contributed by atoms with E-state index in [2.05, 4.69) is 0 Å². The van der Waals surface area contributed by atoms with Crippen LogP contribution < -0.4 is 4.74 Å². The Morgan fingerprint density at radius 1 is 1.17 bits per heavy atom. The summed E-state index contributed by atoms with van der Waals surface area (Å²) >= 11 is 0. The van der Waals surface area contributed by atoms with Crippen molar-refractivity contribution >= 4 is 0 Å². The first-order valence-corrected chi connectivity index (χ1v) is 5.68. The number of alkyl halides is 3. The molecule has 0 heterocycles. The SMILES string of the molecule is COC(CC(F)(F)F)c1ccccc1OC(C)C. The number of ether oxygens (including phenoxy) is 2. The van der Waals surface area contributed by atoms with Gasteiger partial charge in [0.25, 0.3) is 0 Å². The molecule has 1 aromatic carbocycles. The van der Waals surface area contributed by atoms with Crippen molar-refractivity contribution in [2.24, 2.45) is 0 Å². The molecule has 0 N–H and O–H groups in total. The molecule has 18 heavy (non-hydrogen) atoms. The molecule has 1 rings (SSSR count). The molecule has 0 radical (unpaired) electrons. The van der Waals surface area contributed by atoms with E-state index < -0.39 is 18.7 Å². The fourth-order valence-corrected chi connectivity index (χ4v) is 1.64. The van der Waals surface area contributed by atoms with Gasteiger partial charge in [-0.3, -0.25) is 0 Å². The molecular formula is C13H17F3O2. The van der Waals surface area contributed by atoms with E-state index in [1.54, 1.807) is 24.3 Å². The molecule has 0 aliphatic rings. The van der Waals surface area contributed by atoms with Crippen LogP contribution in [-0.2, 0) is 4.74 Å². The number of halogens is 3. The molecule has 1 unspecified atom stereocenters. The maximum atomic E-state index is 12.5. The molecule has 1 aromatic rings. The van der Waals surface area contributed by atoms with Crippen molar-refractivity contribution in [3.05, 3.63) is 29.8 Å². The maximum Gasteiger partial charge on any atom is 0.391 e. The Hall–Kier alpha value is -1.23. The van der Waals surface area contributed by atoms with Crippen LogP contribution in [0.2, 0.25) is 0 Å². The van der Waals surface area contributed by atoms with Crippen molar-refractivity contribution in [3.8, 4) is 5.75 Å². The highest BCUT2D eigenvalue weighted by Gasteiger charge is 2.33. The molecule has 0 saturated heterocycles. The van der Waals surface area contributed by atoms with E-state index in [9.17, 15) is 13.2 Å². The number of benzene rings is 1. The first kappa shape index (κ1) is 14.8. The summed E-state index contributed by atoms with van der Waals surface area (Å²) in [6, 6.07) is 6.64. The average Bonchev–Trinajstić information content (AvgIpc) is 2.25. The zero-order valence-electron chi connectivity index (χ0n) is 10.6. The molecule has 0 aromatic heterocycles. The van der Waals surface area contributed by atoms with Crippen LogP contribution in [0.15, 0.2) is 24.3 Å². The first-order valence-electron chi connectivity index (χ1n) is 5.68. The van der Waals surface area contributed by atoms with E-state index >= 15 is 0 Å². The molecule has 0 spiro atoms. The zero-order chi connectivity index (χ0) is 13.8. The van der Waals surface area contributed by atoms with Gasteiger partial charge in [-0.05, 0) is 19.9 Å². The average molecular weight is 262 g/mol. The molecule has 0 amide bonds. The Labute approximate surface area is 105 Å². The number of methoxy groups -OCH3 is 1. The van der Waals surface area contributed by atoms with E-state index in [-0.39, 0.29) is 6.10 Å². The van der Waals surface area contributed by atoms with Crippen LogP contribution in [0.25, 0.3) is 0 Å². The monoisotopic (exact) mass is 262 g/mol. The lowest BCUT2D eigenvalue weighted by molar-refractivity contribution is -0.158. The van der Waals surface area contributed by atoms with Crippen LogP contribution in [0.1, 0.15) is 31.9 Å². The minimum atomic E-state index is -4.27. The molecule has 0 saturated carbocycles. The van der Waals surface area contributed by atoms with E-state index in [1.165, 1.54) is 7.11 Å². The van der Waals surface area contributed by atoms with Gasteiger partial charge in [-0.15, -0.1) is 0 Å². The second-order valence-corrected chi connectivity index (χ2v) is 4.25. The summed E-state index contributed by atoms with van der Waals surface area (Å²) in [5.41, 5.74) is 0.422. The summed E-state index contributed by atoms with van der Waals surface area (Å²) in [5.74, 6) is 0.434. The second-order valence-electron chi connectivity index (χ2n) is 4.25. The molecule has 0 bridgehead atoms. The molecule has 2 nitrogen and oxygen atoms in total. The minimum Gasteiger partial charge on any atom is -0.491 e. The van der Waals surface area contributed by atoms with Gasteiger partial charge in [0.2, 0.25) is 0 Å². The highest BCUT2D eigenvalue weighted by atomic mass is 19.4. The van der Waals surface area contributed by atoms with Gasteiger partial charge in [0.1, 0.15) is 5.75 Å². The highest BCUT2D eigenvalue weighted by Crippen LogP contribution is 2.36. The quantitative estimate of drug-likeness (QED) is 0.795. The Morgan fingerprint density at radius 2 is 1.78 bits per heavy atom. The van der Waals surface area contributed by atoms with Gasteiger partial charge < -0.3 is 9.47 Å². The zero-order valence-corrected chi connectivity index (χ0v) is 10.6. The second kappa shape index (κ2) is 6.09. The van der Waals surface area contributed by atoms with Crippen LogP contribution in [0.4, 0.5) is 13.2 Å². The first-order chi connectivity index (χ1) is 8.33. The molecule has 0 aliphatic carbocycles. The Kier molecular flexibility index (Phi) is 5.02. The highest BCUT2D eigenvalue weighted by molar-refractivity contribution is 5.35. The van der Waals surface area contributed by atoms with Crippen molar-refractivity contribution in [1.82, 2.24) is 0 Å². The summed E-state index contributed by atoms with van der Waals surface area (Å²) < 4.78 is 47.8. The topological polar surface area (TPSA) is 18.5 Å². The summed E-state index contributed by atoms with van der Waals surface area (Å²) in [5, 5.41) is 0. The van der Waals surface area contributed by atoms with Gasteiger partial charge in [0.05, 0.1) is 18.6 Å². The van der Waals surface area contributed by atoms with Gasteiger partial charge in [-0.2, -0.15) is 13.2 Å². The van der Waals surface area contributed by atoms with E-state index in [0.29, 0.717) is 11.3 Å². The summed E-state index contributed by atoms with van der Waals surface area (Å²) in [7, 11) is 1.27. The lowest BCUT2D eigenvalue weighted by atomic mass is 10.0. The van der Waals surface area contributed by atoms with Gasteiger partial charge in [0.15, 0.2) is 0 Å². The van der Waals surface area contributed by atoms with Crippen molar-refractivity contribution in [3.63, 3.8) is 0 Å². The van der Waals surface area contributed by atoms with Crippen LogP contribution in [0.3, 0.4) is 0 Å². The van der Waals surface area contributed by atoms with Gasteiger partial charge in [-0.1, -0.05) is 18.2 Å². The minimum absolute atomic E-state index is 0.102. The third kappa shape index (κ3) is 4.56. The molecule has 0 aliphatic heterocycles. The fourth-order valence-electron chi connectivity index (χ4n) is 1.64. The van der Waals surface area contributed by atoms with Crippen molar-refractivity contribution in [1.29, 1.82) is 0 Å². The largest absolute Gasteiger partial charge is 0.491 e.